The van der Waals surface area contributed by atoms with E-state index in [-0.39, 0.29) is 0 Å². The zero-order valence-corrected chi connectivity index (χ0v) is 8.95. The van der Waals surface area contributed by atoms with Gasteiger partial charge in [-0.15, -0.1) is 11.8 Å². The van der Waals surface area contributed by atoms with Crippen molar-refractivity contribution in [2.75, 3.05) is 7.05 Å². The van der Waals surface area contributed by atoms with Crippen molar-refractivity contribution < 1.29 is 0 Å². The molecule has 70 valence electrons. The second-order valence-electron chi connectivity index (χ2n) is 2.86. The SMILES string of the molecule is CC#CCCC(NC)c1ccsc1. The Morgan fingerprint density at radius 2 is 2.46 bits per heavy atom. The molecule has 0 aliphatic heterocycles. The van der Waals surface area contributed by atoms with E-state index in [2.05, 4.69) is 34.0 Å². The summed E-state index contributed by atoms with van der Waals surface area (Å²) in [6.07, 6.45) is 2.06. The van der Waals surface area contributed by atoms with E-state index in [9.17, 15) is 0 Å². The summed E-state index contributed by atoms with van der Waals surface area (Å²) in [5.41, 5.74) is 1.38. The normalized spacial score (nSPS) is 11.8. The highest BCUT2D eigenvalue weighted by molar-refractivity contribution is 7.07. The van der Waals surface area contributed by atoms with E-state index in [1.807, 2.05) is 14.0 Å². The molecule has 0 saturated carbocycles. The minimum atomic E-state index is 0.465. The number of hydrogen-bond acceptors (Lipinski definition) is 2. The molecule has 0 aromatic carbocycles. The van der Waals surface area contributed by atoms with Crippen LogP contribution in [0.5, 0.6) is 0 Å². The molecular weight excluding hydrogens is 178 g/mol. The van der Waals surface area contributed by atoms with Crippen LogP contribution in [0.2, 0.25) is 0 Å². The number of thiophene rings is 1. The molecule has 1 aromatic rings. The van der Waals surface area contributed by atoms with Crippen LogP contribution in [-0.4, -0.2) is 7.05 Å². The van der Waals surface area contributed by atoms with E-state index >= 15 is 0 Å². The van der Waals surface area contributed by atoms with Crippen molar-refractivity contribution in [3.63, 3.8) is 0 Å². The van der Waals surface area contributed by atoms with Gasteiger partial charge in [-0.3, -0.25) is 0 Å². The quantitative estimate of drug-likeness (QED) is 0.725. The lowest BCUT2D eigenvalue weighted by Crippen LogP contribution is -2.15. The molecule has 0 amide bonds. The van der Waals surface area contributed by atoms with Crippen LogP contribution >= 0.6 is 11.3 Å². The van der Waals surface area contributed by atoms with Crippen LogP contribution in [0.25, 0.3) is 0 Å². The maximum absolute atomic E-state index is 3.30. The first-order chi connectivity index (χ1) is 6.38. The van der Waals surface area contributed by atoms with Gasteiger partial charge in [-0.25, -0.2) is 0 Å². The first-order valence-electron chi connectivity index (χ1n) is 4.47. The Kier molecular flexibility index (Phi) is 4.59. The highest BCUT2D eigenvalue weighted by Gasteiger charge is 2.07. The summed E-state index contributed by atoms with van der Waals surface area (Å²) in [5.74, 6) is 6.01. The Bertz CT molecular complexity index is 279. The highest BCUT2D eigenvalue weighted by atomic mass is 32.1. The van der Waals surface area contributed by atoms with Crippen LogP contribution in [0.1, 0.15) is 31.4 Å². The van der Waals surface area contributed by atoms with Crippen LogP contribution in [0, 0.1) is 11.8 Å². The minimum absolute atomic E-state index is 0.465. The van der Waals surface area contributed by atoms with Crippen molar-refractivity contribution >= 4 is 11.3 Å². The topological polar surface area (TPSA) is 12.0 Å². The summed E-state index contributed by atoms with van der Waals surface area (Å²) < 4.78 is 0. The zero-order valence-electron chi connectivity index (χ0n) is 8.13. The summed E-state index contributed by atoms with van der Waals surface area (Å²) in [4.78, 5) is 0. The molecule has 1 heterocycles. The molecule has 0 spiro atoms. The molecule has 1 rings (SSSR count). The molecular formula is C11H15NS. The van der Waals surface area contributed by atoms with Crippen molar-refractivity contribution in [3.05, 3.63) is 22.4 Å². The molecule has 0 fully saturated rings. The third kappa shape index (κ3) is 3.22. The molecule has 2 heteroatoms. The van der Waals surface area contributed by atoms with Gasteiger partial charge in [-0.05, 0) is 42.8 Å². The van der Waals surface area contributed by atoms with Gasteiger partial charge in [0.05, 0.1) is 0 Å². The van der Waals surface area contributed by atoms with Gasteiger partial charge >= 0.3 is 0 Å². The van der Waals surface area contributed by atoms with E-state index in [0.717, 1.165) is 12.8 Å². The lowest BCUT2D eigenvalue weighted by Gasteiger charge is -2.12. The van der Waals surface area contributed by atoms with Gasteiger partial charge in [0.2, 0.25) is 0 Å². The summed E-state index contributed by atoms with van der Waals surface area (Å²) in [6.45, 7) is 1.89. The number of rotatable bonds is 4. The predicted octanol–water partition coefficient (Wildman–Crippen LogP) is 2.81. The minimum Gasteiger partial charge on any atom is -0.313 e. The van der Waals surface area contributed by atoms with Crippen molar-refractivity contribution in [2.45, 2.75) is 25.8 Å². The molecule has 0 radical (unpaired) electrons. The Balaban J connectivity index is 2.47. The van der Waals surface area contributed by atoms with Gasteiger partial charge in [0.25, 0.3) is 0 Å². The van der Waals surface area contributed by atoms with Crippen molar-refractivity contribution in [2.24, 2.45) is 0 Å². The molecule has 13 heavy (non-hydrogen) atoms. The number of nitrogens with one attached hydrogen (secondary N) is 1. The average Bonchev–Trinajstić information content (AvgIpc) is 2.65. The van der Waals surface area contributed by atoms with Crippen molar-refractivity contribution in [1.82, 2.24) is 5.32 Å². The van der Waals surface area contributed by atoms with Gasteiger partial charge in [0.15, 0.2) is 0 Å². The first kappa shape index (κ1) is 10.3. The van der Waals surface area contributed by atoms with E-state index in [0.29, 0.717) is 6.04 Å². The lowest BCUT2D eigenvalue weighted by molar-refractivity contribution is 0.560. The predicted molar refractivity (Wildman–Crippen MR) is 58.8 cm³/mol. The van der Waals surface area contributed by atoms with E-state index in [4.69, 9.17) is 0 Å². The molecule has 1 N–H and O–H groups in total. The summed E-state index contributed by atoms with van der Waals surface area (Å²) in [7, 11) is 2.00. The molecule has 0 aliphatic carbocycles. The molecule has 1 unspecified atom stereocenters. The molecule has 0 bridgehead atoms. The fourth-order valence-corrected chi connectivity index (χ4v) is 2.01. The largest absolute Gasteiger partial charge is 0.313 e. The van der Waals surface area contributed by atoms with Crippen LogP contribution in [0.4, 0.5) is 0 Å². The molecule has 0 aliphatic rings. The van der Waals surface area contributed by atoms with Gasteiger partial charge in [-0.1, -0.05) is 0 Å². The lowest BCUT2D eigenvalue weighted by atomic mass is 10.1. The van der Waals surface area contributed by atoms with Crippen LogP contribution in [0.15, 0.2) is 16.8 Å². The van der Waals surface area contributed by atoms with Crippen LogP contribution in [0.3, 0.4) is 0 Å². The summed E-state index contributed by atoms with van der Waals surface area (Å²) >= 11 is 1.75. The third-order valence-electron chi connectivity index (χ3n) is 2.03. The Morgan fingerprint density at radius 3 is 3.00 bits per heavy atom. The smallest absolute Gasteiger partial charge is 0.0334 e. The Hall–Kier alpha value is -0.780. The van der Waals surface area contributed by atoms with Gasteiger partial charge < -0.3 is 5.32 Å². The highest BCUT2D eigenvalue weighted by Crippen LogP contribution is 2.19. The van der Waals surface area contributed by atoms with Gasteiger partial charge in [-0.2, -0.15) is 11.3 Å². The van der Waals surface area contributed by atoms with E-state index in [1.165, 1.54) is 5.56 Å². The standard InChI is InChI=1S/C11H15NS/c1-3-4-5-6-11(12-2)10-7-8-13-9-10/h7-9,11-12H,5-6H2,1-2H3. The maximum atomic E-state index is 3.30. The molecule has 0 saturated heterocycles. The van der Waals surface area contributed by atoms with E-state index in [1.54, 1.807) is 11.3 Å². The summed E-state index contributed by atoms with van der Waals surface area (Å²) in [6, 6.07) is 2.64. The van der Waals surface area contributed by atoms with Crippen LogP contribution in [-0.2, 0) is 0 Å². The molecule has 1 aromatic heterocycles. The monoisotopic (exact) mass is 193 g/mol. The van der Waals surface area contributed by atoms with Gasteiger partial charge in [0, 0.05) is 12.5 Å². The second kappa shape index (κ2) is 5.80. The summed E-state index contributed by atoms with van der Waals surface area (Å²) in [5, 5.41) is 7.61. The van der Waals surface area contributed by atoms with E-state index < -0.39 is 0 Å². The first-order valence-corrected chi connectivity index (χ1v) is 5.41. The van der Waals surface area contributed by atoms with Gasteiger partial charge in [0.1, 0.15) is 0 Å². The van der Waals surface area contributed by atoms with Crippen molar-refractivity contribution in [1.29, 1.82) is 0 Å². The fraction of sp³-hybridized carbons (Fsp3) is 0.455. The Labute approximate surface area is 84.2 Å². The zero-order chi connectivity index (χ0) is 9.52. The second-order valence-corrected chi connectivity index (χ2v) is 3.64. The molecule has 1 nitrogen and oxygen atoms in total. The third-order valence-corrected chi connectivity index (χ3v) is 2.73. The maximum Gasteiger partial charge on any atom is 0.0334 e. The van der Waals surface area contributed by atoms with Crippen molar-refractivity contribution in [3.8, 4) is 11.8 Å². The molecule has 1 atom stereocenters. The fourth-order valence-electron chi connectivity index (χ4n) is 1.29. The van der Waals surface area contributed by atoms with Crippen LogP contribution < -0.4 is 5.32 Å². The number of hydrogen-bond donors (Lipinski definition) is 1. The average molecular weight is 193 g/mol. The Morgan fingerprint density at radius 1 is 1.62 bits per heavy atom.